The lowest BCUT2D eigenvalue weighted by Crippen LogP contribution is -1.88. The van der Waals surface area contributed by atoms with Crippen molar-refractivity contribution < 1.29 is 4.39 Å². The normalized spacial score (nSPS) is 10.8. The zero-order chi connectivity index (χ0) is 10.1. The quantitative estimate of drug-likeness (QED) is 0.654. The smallest absolute Gasteiger partial charge is 0.132 e. The molecule has 0 aliphatic heterocycles. The number of rotatable bonds is 1. The number of hydrogen-bond acceptors (Lipinski definition) is 1. The van der Waals surface area contributed by atoms with Crippen molar-refractivity contribution in [3.05, 3.63) is 40.8 Å². The standard InChI is InChI=1S/C11H9ClFN/c1-2-7-5-8-3-4-9(13)6-10(8)14-11(7)12/h3-6H,2H2,1H3. The van der Waals surface area contributed by atoms with Gasteiger partial charge < -0.3 is 0 Å². The second kappa shape index (κ2) is 3.54. The van der Waals surface area contributed by atoms with Gasteiger partial charge in [0, 0.05) is 11.5 Å². The Morgan fingerprint density at radius 2 is 2.14 bits per heavy atom. The highest BCUT2D eigenvalue weighted by molar-refractivity contribution is 6.30. The third-order valence-electron chi connectivity index (χ3n) is 2.19. The molecule has 0 amide bonds. The molecule has 0 N–H and O–H groups in total. The van der Waals surface area contributed by atoms with E-state index in [1.165, 1.54) is 12.1 Å². The van der Waals surface area contributed by atoms with E-state index in [1.54, 1.807) is 6.07 Å². The fraction of sp³-hybridized carbons (Fsp3) is 0.182. The first kappa shape index (κ1) is 9.41. The lowest BCUT2D eigenvalue weighted by molar-refractivity contribution is 0.629. The van der Waals surface area contributed by atoms with Gasteiger partial charge >= 0.3 is 0 Å². The highest BCUT2D eigenvalue weighted by atomic mass is 35.5. The topological polar surface area (TPSA) is 12.9 Å². The Labute approximate surface area is 86.5 Å². The zero-order valence-electron chi connectivity index (χ0n) is 7.72. The number of pyridine rings is 1. The van der Waals surface area contributed by atoms with Crippen LogP contribution in [0.4, 0.5) is 4.39 Å². The first-order valence-corrected chi connectivity index (χ1v) is 4.83. The van der Waals surface area contributed by atoms with Gasteiger partial charge in [-0.25, -0.2) is 9.37 Å². The average molecular weight is 210 g/mol. The number of aryl methyl sites for hydroxylation is 1. The third-order valence-corrected chi connectivity index (χ3v) is 2.51. The van der Waals surface area contributed by atoms with Crippen molar-refractivity contribution in [2.24, 2.45) is 0 Å². The van der Waals surface area contributed by atoms with Crippen LogP contribution in [0.15, 0.2) is 24.3 Å². The van der Waals surface area contributed by atoms with E-state index in [0.717, 1.165) is 17.4 Å². The summed E-state index contributed by atoms with van der Waals surface area (Å²) in [5, 5.41) is 1.39. The summed E-state index contributed by atoms with van der Waals surface area (Å²) in [4.78, 5) is 4.13. The Morgan fingerprint density at radius 3 is 2.86 bits per heavy atom. The lowest BCUT2D eigenvalue weighted by atomic mass is 10.1. The molecule has 0 spiro atoms. The van der Waals surface area contributed by atoms with Gasteiger partial charge in [-0.15, -0.1) is 0 Å². The third kappa shape index (κ3) is 1.58. The molecule has 0 saturated carbocycles. The summed E-state index contributed by atoms with van der Waals surface area (Å²) in [7, 11) is 0. The highest BCUT2D eigenvalue weighted by Crippen LogP contribution is 2.21. The SMILES string of the molecule is CCc1cc2ccc(F)cc2nc1Cl. The molecule has 0 radical (unpaired) electrons. The molecule has 0 bridgehead atoms. The summed E-state index contributed by atoms with van der Waals surface area (Å²) in [6.45, 7) is 2.01. The minimum atomic E-state index is -0.287. The minimum absolute atomic E-state index is 0.287. The minimum Gasteiger partial charge on any atom is -0.236 e. The van der Waals surface area contributed by atoms with Crippen molar-refractivity contribution in [2.75, 3.05) is 0 Å². The molecule has 0 unspecified atom stereocenters. The zero-order valence-corrected chi connectivity index (χ0v) is 8.48. The van der Waals surface area contributed by atoms with Crippen molar-refractivity contribution in [2.45, 2.75) is 13.3 Å². The summed E-state index contributed by atoms with van der Waals surface area (Å²) in [6, 6.07) is 6.48. The maximum Gasteiger partial charge on any atom is 0.132 e. The summed E-state index contributed by atoms with van der Waals surface area (Å²) < 4.78 is 12.9. The molecule has 1 aromatic heterocycles. The largest absolute Gasteiger partial charge is 0.236 e. The fourth-order valence-corrected chi connectivity index (χ4v) is 1.69. The van der Waals surface area contributed by atoms with Gasteiger partial charge in [0.1, 0.15) is 11.0 Å². The maximum atomic E-state index is 12.9. The molecular weight excluding hydrogens is 201 g/mol. The molecule has 14 heavy (non-hydrogen) atoms. The van der Waals surface area contributed by atoms with Crippen molar-refractivity contribution in [1.82, 2.24) is 4.98 Å². The Balaban J connectivity index is 2.73. The van der Waals surface area contributed by atoms with Crippen LogP contribution in [0.3, 0.4) is 0 Å². The molecule has 0 aliphatic rings. The molecular formula is C11H9ClFN. The Bertz CT molecular complexity index is 482. The van der Waals surface area contributed by atoms with E-state index >= 15 is 0 Å². The summed E-state index contributed by atoms with van der Waals surface area (Å²) in [6.07, 6.45) is 0.832. The van der Waals surface area contributed by atoms with E-state index in [9.17, 15) is 4.39 Å². The van der Waals surface area contributed by atoms with Gasteiger partial charge in [-0.1, -0.05) is 18.5 Å². The van der Waals surface area contributed by atoms with Gasteiger partial charge in [-0.3, -0.25) is 0 Å². The van der Waals surface area contributed by atoms with Crippen molar-refractivity contribution in [3.63, 3.8) is 0 Å². The first-order chi connectivity index (χ1) is 6.70. The Hall–Kier alpha value is -1.15. The first-order valence-electron chi connectivity index (χ1n) is 4.45. The second-order valence-electron chi connectivity index (χ2n) is 3.13. The van der Waals surface area contributed by atoms with Crippen LogP contribution in [0, 0.1) is 5.82 Å². The van der Waals surface area contributed by atoms with Gasteiger partial charge in [0.2, 0.25) is 0 Å². The van der Waals surface area contributed by atoms with E-state index in [1.807, 2.05) is 13.0 Å². The molecule has 72 valence electrons. The molecule has 1 nitrogen and oxygen atoms in total. The monoisotopic (exact) mass is 209 g/mol. The number of halogens is 2. The Morgan fingerprint density at radius 1 is 1.36 bits per heavy atom. The summed E-state index contributed by atoms with van der Waals surface area (Å²) in [5.74, 6) is -0.287. The van der Waals surface area contributed by atoms with Crippen LogP contribution in [0.5, 0.6) is 0 Å². The summed E-state index contributed by atoms with van der Waals surface area (Å²) >= 11 is 5.92. The number of benzene rings is 1. The van der Waals surface area contributed by atoms with Gasteiger partial charge in [0.25, 0.3) is 0 Å². The molecule has 0 aliphatic carbocycles. The van der Waals surface area contributed by atoms with E-state index in [-0.39, 0.29) is 5.82 Å². The molecule has 0 fully saturated rings. The van der Waals surface area contributed by atoms with Crippen molar-refractivity contribution in [1.29, 1.82) is 0 Å². The van der Waals surface area contributed by atoms with Gasteiger partial charge in [0.05, 0.1) is 5.52 Å². The van der Waals surface area contributed by atoms with Crippen molar-refractivity contribution in [3.8, 4) is 0 Å². The van der Waals surface area contributed by atoms with Gasteiger partial charge in [0.15, 0.2) is 0 Å². The predicted molar refractivity (Wildman–Crippen MR) is 56.1 cm³/mol. The average Bonchev–Trinajstić information content (AvgIpc) is 2.16. The van der Waals surface area contributed by atoms with Gasteiger partial charge in [-0.05, 0) is 30.2 Å². The fourth-order valence-electron chi connectivity index (χ4n) is 1.41. The number of hydrogen-bond donors (Lipinski definition) is 0. The molecule has 3 heteroatoms. The van der Waals surface area contributed by atoms with E-state index in [4.69, 9.17) is 11.6 Å². The number of fused-ring (bicyclic) bond motifs is 1. The second-order valence-corrected chi connectivity index (χ2v) is 3.49. The van der Waals surface area contributed by atoms with Gasteiger partial charge in [-0.2, -0.15) is 0 Å². The van der Waals surface area contributed by atoms with Crippen LogP contribution in [-0.4, -0.2) is 4.98 Å². The van der Waals surface area contributed by atoms with Crippen LogP contribution in [0.2, 0.25) is 5.15 Å². The van der Waals surface area contributed by atoms with E-state index < -0.39 is 0 Å². The van der Waals surface area contributed by atoms with Crippen LogP contribution in [-0.2, 0) is 6.42 Å². The van der Waals surface area contributed by atoms with Crippen LogP contribution < -0.4 is 0 Å². The number of nitrogens with zero attached hydrogens (tertiary/aromatic N) is 1. The highest BCUT2D eigenvalue weighted by Gasteiger charge is 2.03. The predicted octanol–water partition coefficient (Wildman–Crippen LogP) is 3.59. The van der Waals surface area contributed by atoms with E-state index in [2.05, 4.69) is 4.98 Å². The molecule has 0 atom stereocenters. The molecule has 0 saturated heterocycles. The Kier molecular flexibility index (Phi) is 2.38. The number of aromatic nitrogens is 1. The van der Waals surface area contributed by atoms with Crippen LogP contribution in [0.1, 0.15) is 12.5 Å². The summed E-state index contributed by atoms with van der Waals surface area (Å²) in [5.41, 5.74) is 1.60. The van der Waals surface area contributed by atoms with Crippen LogP contribution >= 0.6 is 11.6 Å². The van der Waals surface area contributed by atoms with Crippen LogP contribution in [0.25, 0.3) is 10.9 Å². The molecule has 2 aromatic rings. The maximum absolute atomic E-state index is 12.9. The van der Waals surface area contributed by atoms with Crippen molar-refractivity contribution >= 4 is 22.5 Å². The lowest BCUT2D eigenvalue weighted by Gasteiger charge is -2.03. The molecule has 1 aromatic carbocycles. The molecule has 1 heterocycles. The van der Waals surface area contributed by atoms with E-state index in [0.29, 0.717) is 10.7 Å². The molecule has 2 rings (SSSR count).